The first kappa shape index (κ1) is 18.4. The molecule has 0 aliphatic carbocycles. The zero-order chi connectivity index (χ0) is 18.7. The first-order valence-electron chi connectivity index (χ1n) is 8.64. The zero-order valence-electron chi connectivity index (χ0n) is 15.3. The summed E-state index contributed by atoms with van der Waals surface area (Å²) < 4.78 is 28.8. The van der Waals surface area contributed by atoms with E-state index in [-0.39, 0.29) is 17.5 Å². The normalized spacial score (nSPS) is 18.5. The van der Waals surface area contributed by atoms with E-state index >= 15 is 0 Å². The van der Waals surface area contributed by atoms with Gasteiger partial charge in [0, 0.05) is 30.0 Å². The fourth-order valence-electron chi connectivity index (χ4n) is 3.15. The molecule has 0 radical (unpaired) electrons. The van der Waals surface area contributed by atoms with E-state index in [1.54, 1.807) is 7.11 Å². The number of ether oxygens (including phenoxy) is 1. The Kier molecular flexibility index (Phi) is 5.31. The van der Waals surface area contributed by atoms with Crippen molar-refractivity contribution < 1.29 is 13.2 Å². The summed E-state index contributed by atoms with van der Waals surface area (Å²) >= 11 is 0. The Hall–Kier alpha value is -2.35. The lowest BCUT2D eigenvalue weighted by atomic mass is 10.2. The summed E-state index contributed by atoms with van der Waals surface area (Å²) in [4.78, 5) is 11.1. The van der Waals surface area contributed by atoms with Gasteiger partial charge in [0.25, 0.3) is 0 Å². The number of rotatable bonds is 6. The van der Waals surface area contributed by atoms with E-state index in [1.165, 1.54) is 0 Å². The third kappa shape index (κ3) is 4.24. The van der Waals surface area contributed by atoms with Crippen LogP contribution in [0.25, 0.3) is 0 Å². The molecule has 1 aliphatic heterocycles. The highest BCUT2D eigenvalue weighted by Gasteiger charge is 2.33. The van der Waals surface area contributed by atoms with Crippen molar-refractivity contribution in [3.63, 3.8) is 0 Å². The van der Waals surface area contributed by atoms with Crippen LogP contribution in [0.4, 0.5) is 17.5 Å². The third-order valence-corrected chi connectivity index (χ3v) is 6.20. The van der Waals surface area contributed by atoms with Crippen molar-refractivity contribution in [1.29, 1.82) is 0 Å². The summed E-state index contributed by atoms with van der Waals surface area (Å²) in [7, 11) is -1.33. The predicted molar refractivity (Wildman–Crippen MR) is 103 cm³/mol. The van der Waals surface area contributed by atoms with E-state index in [0.29, 0.717) is 24.7 Å². The molecule has 0 saturated carbocycles. The topological polar surface area (TPSA) is 84.4 Å². The van der Waals surface area contributed by atoms with Gasteiger partial charge in [-0.1, -0.05) is 0 Å². The molecule has 140 valence electrons. The average Bonchev–Trinajstić information content (AvgIpc) is 2.95. The summed E-state index contributed by atoms with van der Waals surface area (Å²) in [6.45, 7) is 4.56. The predicted octanol–water partition coefficient (Wildman–Crippen LogP) is 2.55. The van der Waals surface area contributed by atoms with Crippen LogP contribution in [0.2, 0.25) is 0 Å². The lowest BCUT2D eigenvalue weighted by Crippen LogP contribution is -2.37. The smallest absolute Gasteiger partial charge is 0.227 e. The second-order valence-electron chi connectivity index (χ2n) is 6.39. The van der Waals surface area contributed by atoms with Crippen LogP contribution >= 0.6 is 0 Å². The molecule has 1 fully saturated rings. The number of nitrogens with zero attached hydrogens (tertiary/aromatic N) is 3. The first-order valence-corrected chi connectivity index (χ1v) is 10.5. The Morgan fingerprint density at radius 1 is 1.27 bits per heavy atom. The fraction of sp³-hybridized carbons (Fsp3) is 0.444. The maximum absolute atomic E-state index is 11.8. The molecule has 1 N–H and O–H groups in total. The highest BCUT2D eigenvalue weighted by atomic mass is 32.2. The average molecular weight is 376 g/mol. The van der Waals surface area contributed by atoms with Crippen LogP contribution < -0.4 is 15.0 Å². The number of aromatic nitrogens is 2. The highest BCUT2D eigenvalue weighted by molar-refractivity contribution is 7.91. The van der Waals surface area contributed by atoms with Gasteiger partial charge in [-0.05, 0) is 44.5 Å². The SMILES string of the molecule is CCN(c1nc(C)cc(Nc2ccc(OC)cc2)n1)C1CCS(=O)(=O)C1. The summed E-state index contributed by atoms with van der Waals surface area (Å²) in [5, 5.41) is 3.27. The van der Waals surface area contributed by atoms with E-state index in [1.807, 2.05) is 49.1 Å². The van der Waals surface area contributed by atoms with Gasteiger partial charge in [0.2, 0.25) is 5.95 Å². The second-order valence-corrected chi connectivity index (χ2v) is 8.62. The van der Waals surface area contributed by atoms with Crippen LogP contribution in [-0.4, -0.2) is 49.6 Å². The molecular weight excluding hydrogens is 352 g/mol. The van der Waals surface area contributed by atoms with Gasteiger partial charge in [-0.25, -0.2) is 13.4 Å². The quantitative estimate of drug-likeness (QED) is 0.829. The van der Waals surface area contributed by atoms with Crippen molar-refractivity contribution in [2.75, 3.05) is 35.4 Å². The largest absolute Gasteiger partial charge is 0.497 e. The number of sulfone groups is 1. The summed E-state index contributed by atoms with van der Waals surface area (Å²) in [5.41, 5.74) is 1.71. The van der Waals surface area contributed by atoms with Crippen molar-refractivity contribution in [3.8, 4) is 5.75 Å². The number of aryl methyl sites for hydroxylation is 1. The molecule has 1 aromatic heterocycles. The van der Waals surface area contributed by atoms with Crippen molar-refractivity contribution in [2.24, 2.45) is 0 Å². The van der Waals surface area contributed by atoms with E-state index in [9.17, 15) is 8.42 Å². The Bertz CT molecular complexity index is 869. The monoisotopic (exact) mass is 376 g/mol. The third-order valence-electron chi connectivity index (χ3n) is 4.45. The fourth-order valence-corrected chi connectivity index (χ4v) is 4.88. The van der Waals surface area contributed by atoms with Gasteiger partial charge in [-0.3, -0.25) is 0 Å². The molecule has 0 spiro atoms. The number of hydrogen-bond acceptors (Lipinski definition) is 7. The summed E-state index contributed by atoms with van der Waals surface area (Å²) in [6.07, 6.45) is 0.620. The Morgan fingerprint density at radius 2 is 2.00 bits per heavy atom. The van der Waals surface area contributed by atoms with Gasteiger partial charge in [0.15, 0.2) is 9.84 Å². The van der Waals surface area contributed by atoms with Gasteiger partial charge >= 0.3 is 0 Å². The van der Waals surface area contributed by atoms with Crippen LogP contribution in [0.5, 0.6) is 5.75 Å². The van der Waals surface area contributed by atoms with Gasteiger partial charge < -0.3 is 15.0 Å². The van der Waals surface area contributed by atoms with Crippen molar-refractivity contribution in [1.82, 2.24) is 9.97 Å². The molecule has 1 saturated heterocycles. The van der Waals surface area contributed by atoms with Crippen LogP contribution in [0.15, 0.2) is 30.3 Å². The van der Waals surface area contributed by atoms with Crippen LogP contribution in [0.3, 0.4) is 0 Å². The van der Waals surface area contributed by atoms with Crippen molar-refractivity contribution in [3.05, 3.63) is 36.0 Å². The van der Waals surface area contributed by atoms with Crippen molar-refractivity contribution >= 4 is 27.3 Å². The number of hydrogen-bond donors (Lipinski definition) is 1. The van der Waals surface area contributed by atoms with Crippen molar-refractivity contribution in [2.45, 2.75) is 26.3 Å². The van der Waals surface area contributed by atoms with Gasteiger partial charge in [0.05, 0.1) is 18.6 Å². The maximum atomic E-state index is 11.8. The lowest BCUT2D eigenvalue weighted by Gasteiger charge is -2.27. The van der Waals surface area contributed by atoms with Gasteiger partial charge in [0.1, 0.15) is 11.6 Å². The molecule has 1 atom stereocenters. The number of nitrogens with one attached hydrogen (secondary N) is 1. The molecule has 3 rings (SSSR count). The minimum absolute atomic E-state index is 0.0689. The van der Waals surface area contributed by atoms with Crippen LogP contribution in [-0.2, 0) is 9.84 Å². The molecule has 26 heavy (non-hydrogen) atoms. The molecule has 7 nitrogen and oxygen atoms in total. The molecule has 0 bridgehead atoms. The highest BCUT2D eigenvalue weighted by Crippen LogP contribution is 2.25. The molecule has 8 heteroatoms. The molecule has 1 unspecified atom stereocenters. The maximum Gasteiger partial charge on any atom is 0.227 e. The second kappa shape index (κ2) is 7.49. The molecule has 1 aliphatic rings. The molecular formula is C18H24N4O3S. The minimum atomic E-state index is -2.96. The van der Waals surface area contributed by atoms with E-state index in [0.717, 1.165) is 17.1 Å². The molecule has 1 aromatic carbocycles. The van der Waals surface area contributed by atoms with Gasteiger partial charge in [-0.15, -0.1) is 0 Å². The summed E-state index contributed by atoms with van der Waals surface area (Å²) in [5.74, 6) is 2.42. The Labute approximate surface area is 154 Å². The van der Waals surface area contributed by atoms with E-state index < -0.39 is 9.84 Å². The summed E-state index contributed by atoms with van der Waals surface area (Å²) in [6, 6.07) is 9.37. The lowest BCUT2D eigenvalue weighted by molar-refractivity contribution is 0.415. The molecule has 2 aromatic rings. The minimum Gasteiger partial charge on any atom is -0.497 e. The number of benzene rings is 1. The van der Waals surface area contributed by atoms with Crippen LogP contribution in [0, 0.1) is 6.92 Å². The molecule has 0 amide bonds. The number of methoxy groups -OCH3 is 1. The number of anilines is 3. The first-order chi connectivity index (χ1) is 12.4. The Balaban J connectivity index is 1.84. The van der Waals surface area contributed by atoms with Crippen LogP contribution in [0.1, 0.15) is 19.0 Å². The zero-order valence-corrected chi connectivity index (χ0v) is 16.1. The standard InChI is InChI=1S/C18H24N4O3S/c1-4-22(15-9-10-26(23,24)12-15)18-19-13(2)11-17(21-18)20-14-5-7-16(25-3)8-6-14/h5-8,11,15H,4,9-10,12H2,1-3H3,(H,19,20,21). The van der Waals surface area contributed by atoms with Gasteiger partial charge in [-0.2, -0.15) is 4.98 Å². The van der Waals surface area contributed by atoms with E-state index in [4.69, 9.17) is 4.74 Å². The Morgan fingerprint density at radius 3 is 2.58 bits per heavy atom. The van der Waals surface area contributed by atoms with E-state index in [2.05, 4.69) is 15.3 Å². The molecule has 2 heterocycles.